The summed E-state index contributed by atoms with van der Waals surface area (Å²) >= 11 is 1.81. The third-order valence-corrected chi connectivity index (χ3v) is 8.01. The Labute approximate surface area is 203 Å². The van der Waals surface area contributed by atoms with Gasteiger partial charge in [0.25, 0.3) is 0 Å². The SMILES string of the molecule is C/C=C(\S/C=C(\C)Cc1cc(C)c(CC[N+](=O)[O-])cc1C)c1ccc2c(c1)CCCCC2C. The average molecular weight is 464 g/mol. The molecule has 1 atom stereocenters. The second-order valence-corrected chi connectivity index (χ2v) is 10.4. The van der Waals surface area contributed by atoms with Crippen LogP contribution in [-0.4, -0.2) is 11.5 Å². The summed E-state index contributed by atoms with van der Waals surface area (Å²) in [6.45, 7) is 10.8. The van der Waals surface area contributed by atoms with Gasteiger partial charge < -0.3 is 0 Å². The molecule has 2 aromatic rings. The fourth-order valence-electron chi connectivity index (χ4n) is 4.79. The van der Waals surface area contributed by atoms with E-state index in [2.05, 4.69) is 76.4 Å². The highest BCUT2D eigenvalue weighted by molar-refractivity contribution is 8.10. The molecule has 0 radical (unpaired) electrons. The first-order valence-electron chi connectivity index (χ1n) is 12.1. The molecule has 0 bridgehead atoms. The van der Waals surface area contributed by atoms with Gasteiger partial charge in [-0.15, -0.1) is 0 Å². The third kappa shape index (κ3) is 6.83. The Bertz CT molecular complexity index is 1070. The van der Waals surface area contributed by atoms with Crippen LogP contribution in [0.2, 0.25) is 0 Å². The molecule has 1 aliphatic rings. The van der Waals surface area contributed by atoms with Crippen LogP contribution >= 0.6 is 11.8 Å². The lowest BCUT2D eigenvalue weighted by molar-refractivity contribution is -0.479. The first-order chi connectivity index (χ1) is 15.8. The second-order valence-electron chi connectivity index (χ2n) is 9.48. The molecule has 0 fully saturated rings. The minimum absolute atomic E-state index is 0.0110. The van der Waals surface area contributed by atoms with Crippen LogP contribution in [0.15, 0.2) is 47.4 Å². The van der Waals surface area contributed by atoms with Crippen molar-refractivity contribution in [2.24, 2.45) is 0 Å². The summed E-state index contributed by atoms with van der Waals surface area (Å²) in [7, 11) is 0. The predicted octanol–water partition coefficient (Wildman–Crippen LogP) is 8.19. The number of rotatable bonds is 8. The molecule has 2 aromatic carbocycles. The molecule has 1 unspecified atom stereocenters. The fourth-order valence-corrected chi connectivity index (χ4v) is 5.60. The Morgan fingerprint density at radius 3 is 2.61 bits per heavy atom. The first-order valence-corrected chi connectivity index (χ1v) is 13.0. The van der Waals surface area contributed by atoms with Crippen molar-refractivity contribution < 1.29 is 4.92 Å². The minimum atomic E-state index is -0.240. The molecule has 4 heteroatoms. The van der Waals surface area contributed by atoms with Crippen molar-refractivity contribution in [2.45, 2.75) is 79.1 Å². The van der Waals surface area contributed by atoms with Gasteiger partial charge >= 0.3 is 0 Å². The highest BCUT2D eigenvalue weighted by Crippen LogP contribution is 2.35. The van der Waals surface area contributed by atoms with Crippen molar-refractivity contribution in [1.29, 1.82) is 0 Å². The van der Waals surface area contributed by atoms with E-state index in [1.165, 1.54) is 64.0 Å². The smallest absolute Gasteiger partial charge is 0.207 e. The first kappa shape index (κ1) is 25.3. The van der Waals surface area contributed by atoms with Crippen LogP contribution in [-0.2, 0) is 19.3 Å². The van der Waals surface area contributed by atoms with E-state index in [1.807, 2.05) is 11.8 Å². The van der Waals surface area contributed by atoms with Gasteiger partial charge in [-0.1, -0.05) is 67.1 Å². The van der Waals surface area contributed by atoms with Gasteiger partial charge in [0.15, 0.2) is 0 Å². The summed E-state index contributed by atoms with van der Waals surface area (Å²) in [4.78, 5) is 11.8. The zero-order valence-corrected chi connectivity index (χ0v) is 21.6. The van der Waals surface area contributed by atoms with Crippen molar-refractivity contribution in [3.05, 3.63) is 96.4 Å². The van der Waals surface area contributed by atoms with Gasteiger partial charge in [0, 0.05) is 16.2 Å². The molecule has 176 valence electrons. The Balaban J connectivity index is 1.71. The molecule has 0 saturated carbocycles. The number of thioether (sulfide) groups is 1. The second kappa shape index (κ2) is 11.7. The molecule has 3 nitrogen and oxygen atoms in total. The molecule has 0 aliphatic heterocycles. The standard InChI is InChI=1S/C29H37NO2S/c1-6-29(26-11-12-28-21(3)9-7-8-10-25(28)18-26)33-19-20(2)15-27-17-22(4)24(16-23(27)5)13-14-30(31)32/h6,11-12,16-19,21H,7-10,13-15H2,1-5H3/b20-19+,29-6-. The predicted molar refractivity (Wildman–Crippen MR) is 143 cm³/mol. The lowest BCUT2D eigenvalue weighted by Gasteiger charge is -2.15. The molecule has 3 rings (SSSR count). The van der Waals surface area contributed by atoms with E-state index in [0.717, 1.165) is 17.5 Å². The van der Waals surface area contributed by atoms with Gasteiger partial charge in [0.1, 0.15) is 0 Å². The lowest BCUT2D eigenvalue weighted by Crippen LogP contribution is -2.06. The Kier molecular flexibility index (Phi) is 8.96. The Morgan fingerprint density at radius 2 is 1.88 bits per heavy atom. The third-order valence-electron chi connectivity index (χ3n) is 6.77. The van der Waals surface area contributed by atoms with Crippen molar-refractivity contribution in [3.63, 3.8) is 0 Å². The number of hydrogen-bond donors (Lipinski definition) is 0. The van der Waals surface area contributed by atoms with Crippen LogP contribution in [0.5, 0.6) is 0 Å². The van der Waals surface area contributed by atoms with Gasteiger partial charge in [-0.3, -0.25) is 10.1 Å². The number of allylic oxidation sites excluding steroid dienone is 2. The molecular formula is C29H37NO2S. The molecule has 0 aromatic heterocycles. The maximum absolute atomic E-state index is 10.7. The zero-order chi connectivity index (χ0) is 24.0. The Hall–Kier alpha value is -2.33. The van der Waals surface area contributed by atoms with E-state index < -0.39 is 0 Å². The number of benzene rings is 2. The molecular weight excluding hydrogens is 426 g/mol. The monoisotopic (exact) mass is 463 g/mol. The average Bonchev–Trinajstić information content (AvgIpc) is 2.96. The number of hydrogen-bond acceptors (Lipinski definition) is 3. The van der Waals surface area contributed by atoms with Crippen molar-refractivity contribution >= 4 is 16.7 Å². The summed E-state index contributed by atoms with van der Waals surface area (Å²) in [5.74, 6) is 0.665. The van der Waals surface area contributed by atoms with Gasteiger partial charge in [0.05, 0.1) is 0 Å². The van der Waals surface area contributed by atoms with Gasteiger partial charge in [-0.05, 0) is 104 Å². The topological polar surface area (TPSA) is 43.1 Å². The summed E-state index contributed by atoms with van der Waals surface area (Å²) in [5.41, 5.74) is 10.4. The maximum atomic E-state index is 10.7. The van der Waals surface area contributed by atoms with Gasteiger partial charge in [-0.25, -0.2) is 0 Å². The van der Waals surface area contributed by atoms with E-state index in [9.17, 15) is 10.1 Å². The quantitative estimate of drug-likeness (QED) is 0.225. The largest absolute Gasteiger partial charge is 0.265 e. The van der Waals surface area contributed by atoms with E-state index in [4.69, 9.17) is 0 Å². The molecule has 0 N–H and O–H groups in total. The van der Waals surface area contributed by atoms with Crippen LogP contribution in [0.1, 0.15) is 84.9 Å². The van der Waals surface area contributed by atoms with Crippen molar-refractivity contribution in [3.8, 4) is 0 Å². The fraction of sp³-hybridized carbons (Fsp3) is 0.448. The van der Waals surface area contributed by atoms with Crippen LogP contribution in [0.4, 0.5) is 0 Å². The summed E-state index contributed by atoms with van der Waals surface area (Å²) in [5, 5.41) is 13.0. The molecule has 0 amide bonds. The van der Waals surface area contributed by atoms with Crippen LogP contribution < -0.4 is 0 Å². The molecule has 33 heavy (non-hydrogen) atoms. The summed E-state index contributed by atoms with van der Waals surface area (Å²) < 4.78 is 0. The highest BCUT2D eigenvalue weighted by Gasteiger charge is 2.16. The van der Waals surface area contributed by atoms with E-state index in [-0.39, 0.29) is 11.5 Å². The van der Waals surface area contributed by atoms with Crippen LogP contribution in [0, 0.1) is 24.0 Å². The molecule has 0 heterocycles. The summed E-state index contributed by atoms with van der Waals surface area (Å²) in [6.07, 6.45) is 8.73. The number of nitro groups is 1. The van der Waals surface area contributed by atoms with Crippen molar-refractivity contribution in [2.75, 3.05) is 6.54 Å². The molecule has 1 aliphatic carbocycles. The normalized spacial score (nSPS) is 16.9. The molecule has 0 saturated heterocycles. The number of nitrogens with zero attached hydrogens (tertiary/aromatic N) is 1. The van der Waals surface area contributed by atoms with Gasteiger partial charge in [0.2, 0.25) is 6.54 Å². The number of fused-ring (bicyclic) bond motifs is 1. The van der Waals surface area contributed by atoms with E-state index in [0.29, 0.717) is 12.3 Å². The van der Waals surface area contributed by atoms with Gasteiger partial charge in [-0.2, -0.15) is 0 Å². The van der Waals surface area contributed by atoms with E-state index in [1.54, 1.807) is 0 Å². The van der Waals surface area contributed by atoms with E-state index >= 15 is 0 Å². The lowest BCUT2D eigenvalue weighted by atomic mass is 9.93. The summed E-state index contributed by atoms with van der Waals surface area (Å²) in [6, 6.07) is 11.4. The zero-order valence-electron chi connectivity index (χ0n) is 20.7. The van der Waals surface area contributed by atoms with Crippen LogP contribution in [0.3, 0.4) is 0 Å². The number of aryl methyl sites for hydroxylation is 3. The Morgan fingerprint density at radius 1 is 1.15 bits per heavy atom. The highest BCUT2D eigenvalue weighted by atomic mass is 32.2. The maximum Gasteiger partial charge on any atom is 0.207 e. The minimum Gasteiger partial charge on any atom is -0.265 e. The van der Waals surface area contributed by atoms with Crippen LogP contribution in [0.25, 0.3) is 4.91 Å². The van der Waals surface area contributed by atoms with Crippen molar-refractivity contribution in [1.82, 2.24) is 0 Å². The molecule has 0 spiro atoms.